The fourth-order valence-corrected chi connectivity index (χ4v) is 2.77. The summed E-state index contributed by atoms with van der Waals surface area (Å²) in [6, 6.07) is 41.5. The maximum absolute atomic E-state index is 3.38. The van der Waals surface area contributed by atoms with Crippen LogP contribution in [0, 0.1) is 24.3 Å². The van der Waals surface area contributed by atoms with Crippen molar-refractivity contribution in [2.75, 3.05) is 0 Å². The molecule has 0 nitrogen and oxygen atoms in total. The van der Waals surface area contributed by atoms with Crippen LogP contribution in [0.15, 0.2) is 84.9 Å². The summed E-state index contributed by atoms with van der Waals surface area (Å²) >= 11 is 0. The predicted molar refractivity (Wildman–Crippen MR) is 105 cm³/mol. The minimum atomic E-state index is 0. The molecule has 126 valence electrons. The second-order valence-electron chi connectivity index (χ2n) is 5.50. The smallest absolute Gasteiger partial charge is 0.228 e. The Bertz CT molecular complexity index is 937. The molecule has 0 fully saturated rings. The van der Waals surface area contributed by atoms with Crippen molar-refractivity contribution in [2.24, 2.45) is 0 Å². The van der Waals surface area contributed by atoms with Crippen molar-refractivity contribution in [1.82, 2.24) is 0 Å². The van der Waals surface area contributed by atoms with Gasteiger partial charge in [0.25, 0.3) is 0 Å². The molecule has 0 spiro atoms. The zero-order valence-electron chi connectivity index (χ0n) is 14.6. The first-order valence-electron chi connectivity index (χ1n) is 7.89. The van der Waals surface area contributed by atoms with Gasteiger partial charge in [0, 0.05) is 8.41 Å². The van der Waals surface area contributed by atoms with E-state index in [4.69, 9.17) is 0 Å². The molecule has 4 aromatic carbocycles. The molecule has 0 aliphatic heterocycles. The zero-order valence-corrected chi connectivity index (χ0v) is 20.5. The Morgan fingerprint density at radius 3 is 1.74 bits per heavy atom. The van der Waals surface area contributed by atoms with Crippen LogP contribution in [-0.2, 0) is 42.1 Å². The molecule has 0 N–H and O–H groups in total. The normalized spacial score (nSPS) is 9.33. The third-order valence-corrected chi connectivity index (χ3v) is 3.96. The fourth-order valence-electron chi connectivity index (χ4n) is 2.77. The Morgan fingerprint density at radius 2 is 1.15 bits per heavy atom. The van der Waals surface area contributed by atoms with Gasteiger partial charge in [-0.05, 0) is 0 Å². The molecule has 27 heavy (non-hydrogen) atoms. The molecule has 3 heteroatoms. The quantitative estimate of drug-likeness (QED) is 0.205. The Labute approximate surface area is 192 Å². The van der Waals surface area contributed by atoms with E-state index in [0.717, 1.165) is 33.4 Å². The van der Waals surface area contributed by atoms with E-state index in [-0.39, 0.29) is 50.5 Å². The number of hydrogen-bond donors (Lipinski definition) is 0. The van der Waals surface area contributed by atoms with Crippen molar-refractivity contribution >= 4 is 8.41 Å². The van der Waals surface area contributed by atoms with Gasteiger partial charge in [0.15, 0.2) is 0 Å². The average Bonchev–Trinajstić information content (AvgIpc) is 2.69. The van der Waals surface area contributed by atoms with Crippen LogP contribution in [0.1, 0.15) is 0 Å². The van der Waals surface area contributed by atoms with Crippen molar-refractivity contribution < 1.29 is 42.1 Å². The molecule has 0 saturated carbocycles. The molecular weight excluding hydrogens is 667 g/mol. The SMILES string of the molecule is [BH].[W+2].[W+2].[c-]1ccccc1-c1[c-]cc(-c2ccc[c-]c2-c2[c-]cccc2)cc1. The van der Waals surface area contributed by atoms with Crippen molar-refractivity contribution in [1.29, 1.82) is 0 Å². The van der Waals surface area contributed by atoms with E-state index in [9.17, 15) is 0 Å². The summed E-state index contributed by atoms with van der Waals surface area (Å²) in [6.45, 7) is 0. The Hall–Kier alpha value is -1.68. The molecule has 0 aliphatic carbocycles. The van der Waals surface area contributed by atoms with E-state index in [1.54, 1.807) is 0 Å². The van der Waals surface area contributed by atoms with Gasteiger partial charge in [-0.3, -0.25) is 0 Å². The Morgan fingerprint density at radius 1 is 0.519 bits per heavy atom. The first-order valence-corrected chi connectivity index (χ1v) is 7.89. The van der Waals surface area contributed by atoms with Gasteiger partial charge in [0.2, 0.25) is 0 Å². The van der Waals surface area contributed by atoms with Crippen molar-refractivity contribution in [2.45, 2.75) is 0 Å². The van der Waals surface area contributed by atoms with Crippen LogP contribution in [0.3, 0.4) is 0 Å². The Balaban J connectivity index is 0.00000121. The van der Waals surface area contributed by atoms with E-state index in [1.165, 1.54) is 0 Å². The van der Waals surface area contributed by atoms with Gasteiger partial charge >= 0.3 is 42.1 Å². The maximum atomic E-state index is 3.38. The molecule has 0 heterocycles. The summed E-state index contributed by atoms with van der Waals surface area (Å²) in [4.78, 5) is 0. The van der Waals surface area contributed by atoms with Gasteiger partial charge in [-0.2, -0.15) is 102 Å². The second kappa shape index (κ2) is 11.2. The fraction of sp³-hybridized carbons (Fsp3) is 0. The van der Waals surface area contributed by atoms with Crippen LogP contribution in [0.2, 0.25) is 0 Å². The first kappa shape index (κ1) is 23.4. The minimum absolute atomic E-state index is 0. The van der Waals surface area contributed by atoms with Crippen LogP contribution in [-0.4, -0.2) is 8.41 Å². The van der Waals surface area contributed by atoms with Crippen molar-refractivity contribution in [3.05, 3.63) is 109 Å². The molecular formula is C24H15BW2. The maximum Gasteiger partial charge on any atom is 2.00 e. The molecule has 0 unspecified atom stereocenters. The number of benzene rings is 4. The van der Waals surface area contributed by atoms with E-state index >= 15 is 0 Å². The molecule has 4 aromatic rings. The van der Waals surface area contributed by atoms with E-state index in [1.807, 2.05) is 60.7 Å². The van der Waals surface area contributed by atoms with Gasteiger partial charge in [-0.25, -0.2) is 22.3 Å². The molecule has 0 saturated heterocycles. The zero-order chi connectivity index (χ0) is 16.2. The third-order valence-electron chi connectivity index (χ3n) is 3.96. The first-order chi connectivity index (χ1) is 11.9. The summed E-state index contributed by atoms with van der Waals surface area (Å²) in [5, 5.41) is 0. The molecule has 4 rings (SSSR count). The monoisotopic (exact) mass is 682 g/mol. The summed E-state index contributed by atoms with van der Waals surface area (Å²) in [7, 11) is 0. The van der Waals surface area contributed by atoms with Crippen LogP contribution in [0.5, 0.6) is 0 Å². The molecule has 0 aliphatic rings. The standard InChI is InChI=1S/C24H14.BH.2W/c1-3-9-19(10-4-1)20-15-17-22(18-16-20)24-14-8-7-13-23(24)21-11-5-2-6-12-21;;;/h1-9,11,14-15,17-18H;1H;;/q-4;;2*+2. The topological polar surface area (TPSA) is 0 Å². The van der Waals surface area contributed by atoms with Gasteiger partial charge in [0.05, 0.1) is 0 Å². The summed E-state index contributed by atoms with van der Waals surface area (Å²) in [6.07, 6.45) is 0. The van der Waals surface area contributed by atoms with Crippen LogP contribution in [0.4, 0.5) is 0 Å². The summed E-state index contributed by atoms with van der Waals surface area (Å²) in [5.74, 6) is 0. The molecule has 2 radical (unpaired) electrons. The average molecular weight is 682 g/mol. The van der Waals surface area contributed by atoms with Gasteiger partial charge in [-0.15, -0.1) is 18.2 Å². The second-order valence-corrected chi connectivity index (χ2v) is 5.50. The molecule has 0 bridgehead atoms. The molecule has 0 amide bonds. The molecule has 0 atom stereocenters. The third kappa shape index (κ3) is 5.41. The van der Waals surface area contributed by atoms with E-state index < -0.39 is 0 Å². The number of hydrogen-bond acceptors (Lipinski definition) is 0. The predicted octanol–water partition coefficient (Wildman–Crippen LogP) is 5.23. The Kier molecular flexibility index (Phi) is 9.72. The summed E-state index contributed by atoms with van der Waals surface area (Å²) < 4.78 is 0. The number of rotatable bonds is 3. The van der Waals surface area contributed by atoms with Crippen LogP contribution in [0.25, 0.3) is 33.4 Å². The largest absolute Gasteiger partial charge is 2.00 e. The van der Waals surface area contributed by atoms with Gasteiger partial charge < -0.3 is 0 Å². The van der Waals surface area contributed by atoms with Crippen molar-refractivity contribution in [3.63, 3.8) is 0 Å². The van der Waals surface area contributed by atoms with Crippen molar-refractivity contribution in [3.8, 4) is 33.4 Å². The van der Waals surface area contributed by atoms with E-state index in [0.29, 0.717) is 0 Å². The van der Waals surface area contributed by atoms with E-state index in [2.05, 4.69) is 48.5 Å². The molecule has 0 aromatic heterocycles. The minimum Gasteiger partial charge on any atom is -0.228 e. The van der Waals surface area contributed by atoms with Crippen LogP contribution >= 0.6 is 0 Å². The van der Waals surface area contributed by atoms with Crippen LogP contribution < -0.4 is 0 Å². The van der Waals surface area contributed by atoms with Gasteiger partial charge in [-0.1, -0.05) is 0 Å². The van der Waals surface area contributed by atoms with Gasteiger partial charge in [0.1, 0.15) is 0 Å². The summed E-state index contributed by atoms with van der Waals surface area (Å²) in [5.41, 5.74) is 6.48.